The van der Waals surface area contributed by atoms with Gasteiger partial charge in [0.05, 0.1) is 19.8 Å². The maximum atomic E-state index is 5.83. The molecule has 0 aliphatic carbocycles. The molecule has 0 fully saturated rings. The number of rotatable bonds is 8. The predicted molar refractivity (Wildman–Crippen MR) is 76.2 cm³/mol. The molecule has 2 N–H and O–H groups in total. The topological polar surface area (TPSA) is 47.7 Å². The Labute approximate surface area is 110 Å². The normalized spacial score (nSPS) is 10.6. The van der Waals surface area contributed by atoms with Crippen molar-refractivity contribution in [1.29, 1.82) is 0 Å². The summed E-state index contributed by atoms with van der Waals surface area (Å²) < 4.78 is 10.4. The van der Waals surface area contributed by atoms with Gasteiger partial charge in [0, 0.05) is 31.6 Å². The lowest BCUT2D eigenvalue weighted by Crippen LogP contribution is -2.27. The first-order valence-electron chi connectivity index (χ1n) is 6.36. The minimum Gasteiger partial charge on any atom is -0.399 e. The molecule has 4 nitrogen and oxygen atoms in total. The summed E-state index contributed by atoms with van der Waals surface area (Å²) in [6.45, 7) is 8.01. The van der Waals surface area contributed by atoms with Crippen molar-refractivity contribution < 1.29 is 9.47 Å². The second-order valence-electron chi connectivity index (χ2n) is 4.23. The van der Waals surface area contributed by atoms with Crippen LogP contribution >= 0.6 is 0 Å². The van der Waals surface area contributed by atoms with Crippen LogP contribution in [-0.2, 0) is 9.47 Å². The number of benzene rings is 1. The van der Waals surface area contributed by atoms with Crippen LogP contribution in [0.2, 0.25) is 0 Å². The molecule has 1 aromatic carbocycles. The van der Waals surface area contributed by atoms with E-state index in [9.17, 15) is 0 Å². The van der Waals surface area contributed by atoms with Crippen molar-refractivity contribution in [1.82, 2.24) is 0 Å². The lowest BCUT2D eigenvalue weighted by molar-refractivity contribution is 0.0741. The van der Waals surface area contributed by atoms with Crippen molar-refractivity contribution in [3.8, 4) is 0 Å². The summed E-state index contributed by atoms with van der Waals surface area (Å²) in [5, 5.41) is 0. The van der Waals surface area contributed by atoms with Crippen LogP contribution in [0.4, 0.5) is 11.4 Å². The highest BCUT2D eigenvalue weighted by molar-refractivity contribution is 5.57. The molecule has 0 unspecified atom stereocenters. The van der Waals surface area contributed by atoms with E-state index in [4.69, 9.17) is 15.2 Å². The predicted octanol–water partition coefficient (Wildman–Crippen LogP) is 2.07. The number of methoxy groups -OCH3 is 1. The Kier molecular flexibility index (Phi) is 6.54. The van der Waals surface area contributed by atoms with Gasteiger partial charge < -0.3 is 20.1 Å². The number of anilines is 2. The van der Waals surface area contributed by atoms with Crippen LogP contribution in [0.25, 0.3) is 0 Å². The van der Waals surface area contributed by atoms with E-state index in [1.54, 1.807) is 7.11 Å². The zero-order valence-electron chi connectivity index (χ0n) is 11.6. The number of nitrogens with zero attached hydrogens (tertiary/aromatic N) is 1. The van der Waals surface area contributed by atoms with Gasteiger partial charge in [0.15, 0.2) is 0 Å². The maximum Gasteiger partial charge on any atom is 0.0701 e. The average Bonchev–Trinajstić information content (AvgIpc) is 2.37. The zero-order valence-corrected chi connectivity index (χ0v) is 11.6. The Hall–Kier alpha value is -1.26. The first-order valence-corrected chi connectivity index (χ1v) is 6.36. The molecular weight excluding hydrogens is 228 g/mol. The van der Waals surface area contributed by atoms with Crippen molar-refractivity contribution in [2.45, 2.75) is 13.8 Å². The summed E-state index contributed by atoms with van der Waals surface area (Å²) in [6.07, 6.45) is 0. The maximum absolute atomic E-state index is 5.83. The molecule has 0 atom stereocenters. The number of hydrogen-bond acceptors (Lipinski definition) is 4. The van der Waals surface area contributed by atoms with Gasteiger partial charge in [-0.15, -0.1) is 0 Å². The van der Waals surface area contributed by atoms with Gasteiger partial charge in [-0.3, -0.25) is 0 Å². The van der Waals surface area contributed by atoms with E-state index in [0.29, 0.717) is 19.8 Å². The van der Waals surface area contributed by atoms with Crippen molar-refractivity contribution in [3.05, 3.63) is 23.8 Å². The molecule has 0 bridgehead atoms. The number of ether oxygens (including phenoxy) is 2. The molecule has 0 saturated carbocycles. The van der Waals surface area contributed by atoms with Gasteiger partial charge in [-0.25, -0.2) is 0 Å². The van der Waals surface area contributed by atoms with Gasteiger partial charge in [-0.2, -0.15) is 0 Å². The van der Waals surface area contributed by atoms with E-state index in [2.05, 4.69) is 24.0 Å². The van der Waals surface area contributed by atoms with Crippen LogP contribution in [0.15, 0.2) is 18.2 Å². The molecule has 0 aliphatic rings. The van der Waals surface area contributed by atoms with Crippen molar-refractivity contribution in [3.63, 3.8) is 0 Å². The third kappa shape index (κ3) is 4.55. The van der Waals surface area contributed by atoms with Crippen LogP contribution in [0.5, 0.6) is 0 Å². The molecule has 0 aliphatic heterocycles. The number of hydrogen-bond donors (Lipinski definition) is 1. The highest BCUT2D eigenvalue weighted by Gasteiger charge is 2.05. The van der Waals surface area contributed by atoms with Gasteiger partial charge in [0.2, 0.25) is 0 Å². The van der Waals surface area contributed by atoms with E-state index in [0.717, 1.165) is 24.3 Å². The van der Waals surface area contributed by atoms with Gasteiger partial charge in [0.1, 0.15) is 0 Å². The molecular formula is C14H24N2O2. The second kappa shape index (κ2) is 7.95. The van der Waals surface area contributed by atoms with E-state index < -0.39 is 0 Å². The van der Waals surface area contributed by atoms with Crippen LogP contribution in [0.3, 0.4) is 0 Å². The van der Waals surface area contributed by atoms with E-state index in [1.807, 2.05) is 13.0 Å². The van der Waals surface area contributed by atoms with Gasteiger partial charge in [-0.05, 0) is 37.6 Å². The summed E-state index contributed by atoms with van der Waals surface area (Å²) in [4.78, 5) is 2.28. The molecule has 1 aromatic rings. The Balaban J connectivity index is 2.47. The summed E-state index contributed by atoms with van der Waals surface area (Å²) in [7, 11) is 1.68. The van der Waals surface area contributed by atoms with Crippen molar-refractivity contribution in [2.75, 3.05) is 50.7 Å². The fourth-order valence-corrected chi connectivity index (χ4v) is 1.75. The van der Waals surface area contributed by atoms with Crippen LogP contribution in [0.1, 0.15) is 12.5 Å². The van der Waals surface area contributed by atoms with Gasteiger partial charge in [-0.1, -0.05) is 0 Å². The SMILES string of the molecule is CCN(CCOCCOC)c1ccc(N)c(C)c1. The molecule has 18 heavy (non-hydrogen) atoms. The molecule has 1 rings (SSSR count). The van der Waals surface area contributed by atoms with Crippen LogP contribution < -0.4 is 10.6 Å². The fraction of sp³-hybridized carbons (Fsp3) is 0.571. The number of nitrogens with two attached hydrogens (primary N) is 1. The van der Waals surface area contributed by atoms with Crippen molar-refractivity contribution >= 4 is 11.4 Å². The molecule has 102 valence electrons. The molecule has 0 amide bonds. The first-order chi connectivity index (χ1) is 8.69. The first kappa shape index (κ1) is 14.8. The average molecular weight is 252 g/mol. The monoisotopic (exact) mass is 252 g/mol. The smallest absolute Gasteiger partial charge is 0.0701 e. The molecule has 0 heterocycles. The number of nitrogen functional groups attached to an aromatic ring is 1. The standard InChI is InChI=1S/C14H24N2O2/c1-4-16(7-8-18-10-9-17-3)13-5-6-14(15)12(2)11-13/h5-6,11H,4,7-10,15H2,1-3H3. The summed E-state index contributed by atoms with van der Waals surface area (Å²) in [5.74, 6) is 0. The Morgan fingerprint density at radius 2 is 2.00 bits per heavy atom. The molecule has 0 saturated heterocycles. The molecule has 4 heteroatoms. The highest BCUT2D eigenvalue weighted by Crippen LogP contribution is 2.20. The quantitative estimate of drug-likeness (QED) is 0.568. The van der Waals surface area contributed by atoms with Crippen LogP contribution in [-0.4, -0.2) is 40.0 Å². The molecule has 0 radical (unpaired) electrons. The Morgan fingerprint density at radius 3 is 2.61 bits per heavy atom. The number of aryl methyl sites for hydroxylation is 1. The Bertz CT molecular complexity index is 356. The summed E-state index contributed by atoms with van der Waals surface area (Å²) >= 11 is 0. The molecule has 0 spiro atoms. The van der Waals surface area contributed by atoms with Gasteiger partial charge >= 0.3 is 0 Å². The van der Waals surface area contributed by atoms with Crippen LogP contribution in [0, 0.1) is 6.92 Å². The minimum absolute atomic E-state index is 0.646. The third-order valence-electron chi connectivity index (χ3n) is 2.94. The van der Waals surface area contributed by atoms with E-state index in [1.165, 1.54) is 5.69 Å². The molecule has 0 aromatic heterocycles. The number of likely N-dealkylation sites (N-methyl/N-ethyl adjacent to an activating group) is 1. The summed E-state index contributed by atoms with van der Waals surface area (Å²) in [6, 6.07) is 6.13. The summed E-state index contributed by atoms with van der Waals surface area (Å²) in [5.41, 5.74) is 8.98. The minimum atomic E-state index is 0.646. The fourth-order valence-electron chi connectivity index (χ4n) is 1.75. The van der Waals surface area contributed by atoms with Gasteiger partial charge in [0.25, 0.3) is 0 Å². The lowest BCUT2D eigenvalue weighted by atomic mass is 10.1. The highest BCUT2D eigenvalue weighted by atomic mass is 16.5. The van der Waals surface area contributed by atoms with E-state index >= 15 is 0 Å². The third-order valence-corrected chi connectivity index (χ3v) is 2.94. The largest absolute Gasteiger partial charge is 0.399 e. The lowest BCUT2D eigenvalue weighted by Gasteiger charge is -2.23. The Morgan fingerprint density at radius 1 is 1.22 bits per heavy atom. The van der Waals surface area contributed by atoms with Crippen molar-refractivity contribution in [2.24, 2.45) is 0 Å². The van der Waals surface area contributed by atoms with E-state index in [-0.39, 0.29) is 0 Å². The second-order valence-corrected chi connectivity index (χ2v) is 4.23. The zero-order chi connectivity index (χ0) is 13.4.